The number of nitrogens with two attached hydrogens (primary N) is 1. The van der Waals surface area contributed by atoms with Gasteiger partial charge in [0.1, 0.15) is 5.75 Å². The van der Waals surface area contributed by atoms with E-state index in [2.05, 4.69) is 10.1 Å². The number of alkyl halides is 2. The van der Waals surface area contributed by atoms with Crippen molar-refractivity contribution in [2.45, 2.75) is 19.6 Å². The van der Waals surface area contributed by atoms with E-state index in [-0.39, 0.29) is 11.8 Å². The predicted molar refractivity (Wildman–Crippen MR) is 79.7 cm³/mol. The van der Waals surface area contributed by atoms with Crippen LogP contribution in [0.25, 0.3) is 0 Å². The summed E-state index contributed by atoms with van der Waals surface area (Å²) >= 11 is 0. The Morgan fingerprint density at radius 3 is 2.43 bits per heavy atom. The smallest absolute Gasteiger partial charge is 0.387 e. The first-order valence-corrected chi connectivity index (χ1v) is 6.66. The summed E-state index contributed by atoms with van der Waals surface area (Å²) in [6.07, 6.45) is 0. The Morgan fingerprint density at radius 2 is 1.86 bits per heavy atom. The van der Waals surface area contributed by atoms with Gasteiger partial charge in [-0.1, -0.05) is 24.3 Å². The first-order chi connectivity index (χ1) is 10.1. The van der Waals surface area contributed by atoms with Gasteiger partial charge in [0.2, 0.25) is 0 Å². The van der Waals surface area contributed by atoms with Gasteiger partial charge >= 0.3 is 6.61 Å². The Hall–Kier alpha value is -2.14. The second-order valence-corrected chi connectivity index (χ2v) is 4.75. The first kappa shape index (κ1) is 15.3. The number of ether oxygens (including phenoxy) is 1. The van der Waals surface area contributed by atoms with Crippen LogP contribution in [0.15, 0.2) is 48.5 Å². The van der Waals surface area contributed by atoms with Crippen LogP contribution in [0.5, 0.6) is 5.75 Å². The monoisotopic (exact) mass is 292 g/mol. The molecule has 0 aliphatic rings. The van der Waals surface area contributed by atoms with E-state index in [1.807, 2.05) is 31.2 Å². The molecule has 0 aliphatic carbocycles. The Labute approximate surface area is 122 Å². The molecule has 0 saturated heterocycles. The number of hydrogen-bond acceptors (Lipinski definition) is 3. The van der Waals surface area contributed by atoms with Crippen LogP contribution in [0.3, 0.4) is 0 Å². The summed E-state index contributed by atoms with van der Waals surface area (Å²) in [6, 6.07) is 14.4. The van der Waals surface area contributed by atoms with E-state index in [4.69, 9.17) is 5.73 Å². The fourth-order valence-electron chi connectivity index (χ4n) is 2.10. The summed E-state index contributed by atoms with van der Waals surface area (Å²) in [4.78, 5) is 0. The normalized spacial score (nSPS) is 12.2. The molecule has 0 aliphatic heterocycles. The summed E-state index contributed by atoms with van der Waals surface area (Å²) in [6.45, 7) is -0.408. The van der Waals surface area contributed by atoms with Gasteiger partial charge < -0.3 is 15.8 Å². The van der Waals surface area contributed by atoms with Crippen molar-refractivity contribution in [3.8, 4) is 5.75 Å². The lowest BCUT2D eigenvalue weighted by Gasteiger charge is -2.19. The molecule has 0 saturated carbocycles. The van der Waals surface area contributed by atoms with Crippen molar-refractivity contribution in [3.05, 3.63) is 59.7 Å². The van der Waals surface area contributed by atoms with Crippen molar-refractivity contribution in [2.24, 2.45) is 5.73 Å². The molecule has 0 spiro atoms. The molecule has 1 unspecified atom stereocenters. The van der Waals surface area contributed by atoms with Gasteiger partial charge in [0.15, 0.2) is 0 Å². The highest BCUT2D eigenvalue weighted by Crippen LogP contribution is 2.22. The van der Waals surface area contributed by atoms with Gasteiger partial charge in [-0.3, -0.25) is 0 Å². The van der Waals surface area contributed by atoms with Gasteiger partial charge in [-0.05, 0) is 42.3 Å². The summed E-state index contributed by atoms with van der Waals surface area (Å²) in [5.74, 6) is 0.139. The van der Waals surface area contributed by atoms with Crippen molar-refractivity contribution >= 4 is 5.69 Å². The van der Waals surface area contributed by atoms with Gasteiger partial charge in [-0.15, -0.1) is 0 Å². The molecule has 0 bridgehead atoms. The average Bonchev–Trinajstić information content (AvgIpc) is 2.45. The molecule has 0 amide bonds. The molecule has 21 heavy (non-hydrogen) atoms. The number of hydrogen-bond donors (Lipinski definition) is 2. The minimum absolute atomic E-state index is 0.0904. The zero-order valence-corrected chi connectivity index (χ0v) is 11.7. The van der Waals surface area contributed by atoms with Crippen LogP contribution in [0, 0.1) is 6.92 Å². The lowest BCUT2D eigenvalue weighted by atomic mass is 10.1. The standard InChI is InChI=1S/C16H18F2N2O/c1-11-3-2-4-13(9-11)20-15(10-19)12-5-7-14(8-6-12)21-16(17)18/h2-9,15-16,20H,10,19H2,1H3. The molecule has 0 aromatic heterocycles. The quantitative estimate of drug-likeness (QED) is 0.853. The highest BCUT2D eigenvalue weighted by atomic mass is 19.3. The molecular weight excluding hydrogens is 274 g/mol. The molecule has 3 nitrogen and oxygen atoms in total. The van der Waals surface area contributed by atoms with Gasteiger partial charge in [0, 0.05) is 12.2 Å². The first-order valence-electron chi connectivity index (χ1n) is 6.66. The third kappa shape index (κ3) is 4.43. The lowest BCUT2D eigenvalue weighted by molar-refractivity contribution is -0.0498. The summed E-state index contributed by atoms with van der Waals surface area (Å²) in [5.41, 5.74) is 8.83. The number of nitrogens with one attached hydrogen (secondary N) is 1. The van der Waals surface area contributed by atoms with Crippen molar-refractivity contribution in [3.63, 3.8) is 0 Å². The molecule has 2 aromatic carbocycles. The Kier molecular flexibility index (Phi) is 5.11. The number of anilines is 1. The maximum Gasteiger partial charge on any atom is 0.387 e. The maximum atomic E-state index is 12.1. The third-order valence-electron chi connectivity index (χ3n) is 3.10. The lowest BCUT2D eigenvalue weighted by Crippen LogP contribution is -2.20. The van der Waals surface area contributed by atoms with Gasteiger partial charge in [0.25, 0.3) is 0 Å². The van der Waals surface area contributed by atoms with Crippen LogP contribution in [0.1, 0.15) is 17.2 Å². The van der Waals surface area contributed by atoms with E-state index in [0.29, 0.717) is 6.54 Å². The SMILES string of the molecule is Cc1cccc(NC(CN)c2ccc(OC(F)F)cc2)c1. The molecule has 0 heterocycles. The minimum Gasteiger partial charge on any atom is -0.435 e. The van der Waals surface area contributed by atoms with Crippen LogP contribution in [0.4, 0.5) is 14.5 Å². The minimum atomic E-state index is -2.81. The predicted octanol–water partition coefficient (Wildman–Crippen LogP) is 3.71. The van der Waals surface area contributed by atoms with Crippen LogP contribution in [-0.4, -0.2) is 13.2 Å². The molecule has 2 rings (SSSR count). The highest BCUT2D eigenvalue weighted by molar-refractivity contribution is 5.48. The van der Waals surface area contributed by atoms with Crippen LogP contribution >= 0.6 is 0 Å². The molecule has 1 atom stereocenters. The summed E-state index contributed by atoms with van der Waals surface area (Å²) in [5, 5.41) is 3.33. The molecule has 5 heteroatoms. The van der Waals surface area contributed by atoms with E-state index in [1.54, 1.807) is 12.1 Å². The van der Waals surface area contributed by atoms with E-state index in [9.17, 15) is 8.78 Å². The third-order valence-corrected chi connectivity index (χ3v) is 3.10. The second kappa shape index (κ2) is 7.04. The van der Waals surface area contributed by atoms with E-state index in [0.717, 1.165) is 16.8 Å². The topological polar surface area (TPSA) is 47.3 Å². The van der Waals surface area contributed by atoms with Crippen molar-refractivity contribution < 1.29 is 13.5 Å². The van der Waals surface area contributed by atoms with Crippen LogP contribution in [-0.2, 0) is 0 Å². The van der Waals surface area contributed by atoms with E-state index >= 15 is 0 Å². The Bertz CT molecular complexity index is 573. The fourth-order valence-corrected chi connectivity index (χ4v) is 2.10. The fraction of sp³-hybridized carbons (Fsp3) is 0.250. The number of benzene rings is 2. The molecule has 2 aromatic rings. The van der Waals surface area contributed by atoms with Gasteiger partial charge in [-0.25, -0.2) is 0 Å². The largest absolute Gasteiger partial charge is 0.435 e. The second-order valence-electron chi connectivity index (χ2n) is 4.75. The molecular formula is C16H18F2N2O. The maximum absolute atomic E-state index is 12.1. The van der Waals surface area contributed by atoms with Crippen molar-refractivity contribution in [1.29, 1.82) is 0 Å². The average molecular weight is 292 g/mol. The summed E-state index contributed by atoms with van der Waals surface area (Å²) in [7, 11) is 0. The zero-order valence-electron chi connectivity index (χ0n) is 11.7. The number of halogens is 2. The van der Waals surface area contributed by atoms with Gasteiger partial charge in [0.05, 0.1) is 6.04 Å². The Morgan fingerprint density at radius 1 is 1.14 bits per heavy atom. The molecule has 0 fully saturated rings. The van der Waals surface area contributed by atoms with E-state index < -0.39 is 6.61 Å². The van der Waals surface area contributed by atoms with Crippen molar-refractivity contribution in [1.82, 2.24) is 0 Å². The molecule has 0 radical (unpaired) electrons. The number of aryl methyl sites for hydroxylation is 1. The highest BCUT2D eigenvalue weighted by Gasteiger charge is 2.11. The van der Waals surface area contributed by atoms with E-state index in [1.165, 1.54) is 12.1 Å². The number of rotatable bonds is 6. The van der Waals surface area contributed by atoms with Crippen LogP contribution < -0.4 is 15.8 Å². The Balaban J connectivity index is 2.10. The summed E-state index contributed by atoms with van der Waals surface area (Å²) < 4.78 is 28.6. The van der Waals surface area contributed by atoms with Crippen molar-refractivity contribution in [2.75, 3.05) is 11.9 Å². The molecule has 112 valence electrons. The molecule has 3 N–H and O–H groups in total. The van der Waals surface area contributed by atoms with Crippen LogP contribution in [0.2, 0.25) is 0 Å². The van der Waals surface area contributed by atoms with Gasteiger partial charge in [-0.2, -0.15) is 8.78 Å². The zero-order chi connectivity index (χ0) is 15.2.